The second-order valence-corrected chi connectivity index (χ2v) is 10.1. The van der Waals surface area contributed by atoms with E-state index in [1.807, 2.05) is 6.07 Å². The molecular weight excluding hydrogens is 437 g/mol. The molecule has 0 unspecified atom stereocenters. The number of anilines is 1. The zero-order valence-electron chi connectivity index (χ0n) is 19.0. The van der Waals surface area contributed by atoms with Crippen LogP contribution in [0.25, 0.3) is 0 Å². The van der Waals surface area contributed by atoms with Crippen LogP contribution in [0.15, 0.2) is 12.1 Å². The molecule has 1 aliphatic carbocycles. The fourth-order valence-corrected chi connectivity index (χ4v) is 6.55. The van der Waals surface area contributed by atoms with E-state index in [0.717, 1.165) is 49.8 Å². The van der Waals surface area contributed by atoms with E-state index in [1.165, 1.54) is 0 Å². The summed E-state index contributed by atoms with van der Waals surface area (Å²) in [6, 6.07) is 6.13. The Hall–Kier alpha value is -2.96. The number of hydrogen-bond donors (Lipinski definition) is 2. The van der Waals surface area contributed by atoms with E-state index in [0.29, 0.717) is 48.5 Å². The Balaban J connectivity index is 1.32. The maximum absolute atomic E-state index is 14.1. The van der Waals surface area contributed by atoms with Crippen molar-refractivity contribution >= 4 is 5.69 Å². The van der Waals surface area contributed by atoms with Gasteiger partial charge in [-0.1, -0.05) is 6.07 Å². The molecular formula is C25H28FN5O3. The van der Waals surface area contributed by atoms with Gasteiger partial charge >= 0.3 is 6.01 Å². The first-order valence-corrected chi connectivity index (χ1v) is 12.0. The third-order valence-corrected chi connectivity index (χ3v) is 8.15. The Kier molecular flexibility index (Phi) is 4.94. The monoisotopic (exact) mass is 465 g/mol. The first-order valence-electron chi connectivity index (χ1n) is 12.0. The van der Waals surface area contributed by atoms with Gasteiger partial charge in [0.15, 0.2) is 0 Å². The van der Waals surface area contributed by atoms with Gasteiger partial charge in [-0.25, -0.2) is 4.39 Å². The molecule has 9 heteroatoms. The second kappa shape index (κ2) is 7.79. The molecule has 2 aromatic rings. The van der Waals surface area contributed by atoms with Gasteiger partial charge in [-0.3, -0.25) is 4.90 Å². The van der Waals surface area contributed by atoms with Crippen molar-refractivity contribution < 1.29 is 19.0 Å². The van der Waals surface area contributed by atoms with Crippen LogP contribution >= 0.6 is 0 Å². The molecule has 1 aromatic heterocycles. The first-order chi connectivity index (χ1) is 16.4. The van der Waals surface area contributed by atoms with E-state index in [2.05, 4.69) is 20.9 Å². The standard InChI is InChI=1S/C25H28FN5O3/c26-16-9-24(6-2-8-31(24)12-16)14-33-23-29-20-10-25(34-13-18(20)22(32)30-23)7-1-3-15-4-5-19(28)17(11-27)21(15)25/h4-5,16H,1-3,6-10,12-14,28H2,(H,29,30,32)/t16-,24+,25+/m1/s1. The van der Waals surface area contributed by atoms with Gasteiger partial charge in [-0.05, 0) is 50.3 Å². The zero-order valence-corrected chi connectivity index (χ0v) is 19.0. The number of nitrogens with two attached hydrogens (primary N) is 1. The Morgan fingerprint density at radius 2 is 2.21 bits per heavy atom. The highest BCUT2D eigenvalue weighted by atomic mass is 19.1. The smallest absolute Gasteiger partial charge is 0.320 e. The summed E-state index contributed by atoms with van der Waals surface area (Å²) in [6.07, 6.45) is 4.42. The number of fused-ring (bicyclic) bond motifs is 4. The third-order valence-electron chi connectivity index (χ3n) is 8.15. The van der Waals surface area contributed by atoms with Crippen molar-refractivity contribution in [1.29, 1.82) is 5.26 Å². The van der Waals surface area contributed by atoms with Crippen molar-refractivity contribution in [2.24, 2.45) is 0 Å². The van der Waals surface area contributed by atoms with Crippen molar-refractivity contribution in [1.82, 2.24) is 14.9 Å². The van der Waals surface area contributed by atoms with Gasteiger partial charge < -0.3 is 20.3 Å². The number of halogens is 1. The van der Waals surface area contributed by atoms with Crippen LogP contribution in [0.2, 0.25) is 0 Å². The van der Waals surface area contributed by atoms with Gasteiger partial charge in [-0.15, -0.1) is 0 Å². The summed E-state index contributed by atoms with van der Waals surface area (Å²) < 4.78 is 26.5. The van der Waals surface area contributed by atoms with E-state index >= 15 is 0 Å². The largest absolute Gasteiger partial charge is 0.493 e. The highest BCUT2D eigenvalue weighted by Gasteiger charge is 2.50. The van der Waals surface area contributed by atoms with Crippen molar-refractivity contribution in [2.45, 2.75) is 68.9 Å². The molecule has 0 radical (unpaired) electrons. The molecule has 34 heavy (non-hydrogen) atoms. The fourth-order valence-electron chi connectivity index (χ4n) is 6.55. The number of nitriles is 1. The SMILES string of the molecule is N#Cc1c(N)ccc2c1[C@]1(CCC2)Cc2nc(OC[C@@]34CCCN3C[C@H](F)C4)nc(O)c2CO1. The summed E-state index contributed by atoms with van der Waals surface area (Å²) in [7, 11) is 0. The molecule has 3 aliphatic heterocycles. The predicted molar refractivity (Wildman–Crippen MR) is 121 cm³/mol. The molecule has 2 fully saturated rings. The van der Waals surface area contributed by atoms with Crippen LogP contribution in [0.3, 0.4) is 0 Å². The Morgan fingerprint density at radius 3 is 3.06 bits per heavy atom. The summed E-state index contributed by atoms with van der Waals surface area (Å²) in [4.78, 5) is 11.0. The zero-order chi connectivity index (χ0) is 23.5. The maximum Gasteiger partial charge on any atom is 0.320 e. The molecule has 8 nitrogen and oxygen atoms in total. The lowest BCUT2D eigenvalue weighted by Crippen LogP contribution is -2.43. The van der Waals surface area contributed by atoms with E-state index < -0.39 is 11.8 Å². The quantitative estimate of drug-likeness (QED) is 0.665. The van der Waals surface area contributed by atoms with Crippen LogP contribution in [0, 0.1) is 11.3 Å². The number of nitrogen functional groups attached to an aromatic ring is 1. The number of alkyl halides is 1. The fraction of sp³-hybridized carbons (Fsp3) is 0.560. The topological polar surface area (TPSA) is 118 Å². The Bertz CT molecular complexity index is 1200. The predicted octanol–water partition coefficient (Wildman–Crippen LogP) is 2.90. The van der Waals surface area contributed by atoms with Crippen molar-refractivity contribution in [2.75, 3.05) is 25.4 Å². The molecule has 4 heterocycles. The van der Waals surface area contributed by atoms with Gasteiger partial charge in [0.05, 0.1) is 29.0 Å². The van der Waals surface area contributed by atoms with Crippen LogP contribution < -0.4 is 10.5 Å². The minimum atomic E-state index is -0.841. The molecule has 1 spiro atoms. The third kappa shape index (κ3) is 3.23. The number of aryl methyl sites for hydroxylation is 1. The first kappa shape index (κ1) is 21.6. The number of hydrogen-bond acceptors (Lipinski definition) is 8. The average molecular weight is 466 g/mol. The normalized spacial score (nSPS) is 29.9. The van der Waals surface area contributed by atoms with Gasteiger partial charge in [0.2, 0.25) is 5.88 Å². The van der Waals surface area contributed by atoms with Crippen LogP contribution in [-0.4, -0.2) is 51.4 Å². The Labute approximate surface area is 197 Å². The number of benzene rings is 1. The van der Waals surface area contributed by atoms with Gasteiger partial charge in [0, 0.05) is 30.6 Å². The minimum Gasteiger partial charge on any atom is -0.493 e. The van der Waals surface area contributed by atoms with Crippen LogP contribution in [0.4, 0.5) is 10.1 Å². The summed E-state index contributed by atoms with van der Waals surface area (Å²) in [5, 5.41) is 20.5. The lowest BCUT2D eigenvalue weighted by molar-refractivity contribution is -0.0866. The second-order valence-electron chi connectivity index (χ2n) is 10.1. The van der Waals surface area contributed by atoms with Crippen molar-refractivity contribution in [3.8, 4) is 18.0 Å². The summed E-state index contributed by atoms with van der Waals surface area (Å²) >= 11 is 0. The number of nitrogens with zero attached hydrogens (tertiary/aromatic N) is 4. The van der Waals surface area contributed by atoms with E-state index in [1.54, 1.807) is 6.07 Å². The Morgan fingerprint density at radius 1 is 1.32 bits per heavy atom. The molecule has 3 N–H and O–H groups in total. The number of aromatic hydroxyl groups is 1. The molecule has 1 aromatic carbocycles. The van der Waals surface area contributed by atoms with Crippen LogP contribution in [-0.2, 0) is 29.8 Å². The van der Waals surface area contributed by atoms with Crippen LogP contribution in [0.1, 0.15) is 60.1 Å². The van der Waals surface area contributed by atoms with Crippen molar-refractivity contribution in [3.63, 3.8) is 0 Å². The molecule has 3 atom stereocenters. The lowest BCUT2D eigenvalue weighted by atomic mass is 9.72. The highest BCUT2D eigenvalue weighted by molar-refractivity contribution is 5.63. The molecule has 6 rings (SSSR count). The summed E-state index contributed by atoms with van der Waals surface area (Å²) in [5.74, 6) is -0.158. The van der Waals surface area contributed by atoms with Gasteiger partial charge in [-0.2, -0.15) is 15.2 Å². The molecule has 0 amide bonds. The molecule has 4 aliphatic rings. The maximum atomic E-state index is 14.1. The molecule has 0 bridgehead atoms. The number of rotatable bonds is 3. The van der Waals surface area contributed by atoms with Crippen molar-refractivity contribution in [3.05, 3.63) is 40.1 Å². The van der Waals surface area contributed by atoms with Crippen LogP contribution in [0.5, 0.6) is 11.9 Å². The van der Waals surface area contributed by atoms with Gasteiger partial charge in [0.25, 0.3) is 0 Å². The van der Waals surface area contributed by atoms with E-state index in [9.17, 15) is 14.8 Å². The summed E-state index contributed by atoms with van der Waals surface area (Å²) in [5.41, 5.74) is 9.10. The lowest BCUT2D eigenvalue weighted by Gasteiger charge is -2.42. The number of aromatic nitrogens is 2. The number of ether oxygens (including phenoxy) is 2. The molecule has 0 saturated carbocycles. The summed E-state index contributed by atoms with van der Waals surface area (Å²) in [6.45, 7) is 1.76. The average Bonchev–Trinajstić information content (AvgIpc) is 3.34. The minimum absolute atomic E-state index is 0.0981. The highest BCUT2D eigenvalue weighted by Crippen LogP contribution is 2.48. The molecule has 178 valence electrons. The van der Waals surface area contributed by atoms with E-state index in [-0.39, 0.29) is 24.0 Å². The van der Waals surface area contributed by atoms with Gasteiger partial charge in [0.1, 0.15) is 24.4 Å². The van der Waals surface area contributed by atoms with E-state index in [4.69, 9.17) is 15.2 Å². The molecule has 2 saturated heterocycles.